The minimum Gasteiger partial charge on any atom is -0.384 e. The zero-order valence-corrected chi connectivity index (χ0v) is 17.4. The van der Waals surface area contributed by atoms with Gasteiger partial charge < -0.3 is 20.3 Å². The first-order valence-electron chi connectivity index (χ1n) is 8.48. The Hall–Kier alpha value is -1.35. The summed E-state index contributed by atoms with van der Waals surface area (Å²) in [7, 11) is 3.48. The normalized spacial score (nSPS) is 17.1. The molecule has 1 atom stereocenters. The maximum atomic E-state index is 12.0. The van der Waals surface area contributed by atoms with Crippen molar-refractivity contribution in [2.45, 2.75) is 12.8 Å². The molecule has 7 heteroatoms. The van der Waals surface area contributed by atoms with Crippen LogP contribution in [-0.4, -0.2) is 63.7 Å². The van der Waals surface area contributed by atoms with Gasteiger partial charge in [-0.15, -0.1) is 24.0 Å². The highest BCUT2D eigenvalue weighted by atomic mass is 127. The first-order chi connectivity index (χ1) is 11.7. The van der Waals surface area contributed by atoms with Gasteiger partial charge in [-0.05, 0) is 18.4 Å². The van der Waals surface area contributed by atoms with E-state index >= 15 is 0 Å². The molecule has 1 heterocycles. The monoisotopic (exact) mass is 460 g/mol. The van der Waals surface area contributed by atoms with Gasteiger partial charge in [0.15, 0.2) is 5.96 Å². The average Bonchev–Trinajstić information content (AvgIpc) is 3.05. The quantitative estimate of drug-likeness (QED) is 0.368. The van der Waals surface area contributed by atoms with Gasteiger partial charge in [0.25, 0.3) is 0 Å². The van der Waals surface area contributed by atoms with Crippen molar-refractivity contribution in [2.75, 3.05) is 46.9 Å². The van der Waals surface area contributed by atoms with Crippen molar-refractivity contribution in [1.29, 1.82) is 0 Å². The van der Waals surface area contributed by atoms with Gasteiger partial charge in [-0.3, -0.25) is 9.79 Å². The lowest BCUT2D eigenvalue weighted by Gasteiger charge is -2.21. The highest BCUT2D eigenvalue weighted by Gasteiger charge is 2.24. The van der Waals surface area contributed by atoms with E-state index in [1.807, 2.05) is 18.2 Å². The van der Waals surface area contributed by atoms with Gasteiger partial charge in [0, 0.05) is 39.7 Å². The number of likely N-dealkylation sites (tertiary alicyclic amines) is 1. The summed E-state index contributed by atoms with van der Waals surface area (Å²) in [6, 6.07) is 10.1. The molecule has 140 valence electrons. The largest absolute Gasteiger partial charge is 0.384 e. The molecule has 1 fully saturated rings. The van der Waals surface area contributed by atoms with Crippen molar-refractivity contribution in [2.24, 2.45) is 10.9 Å². The molecule has 0 saturated carbocycles. The lowest BCUT2D eigenvalue weighted by atomic mass is 10.1. The summed E-state index contributed by atoms with van der Waals surface area (Å²) in [5.41, 5.74) is 1.22. The molecule has 1 saturated heterocycles. The third-order valence-corrected chi connectivity index (χ3v) is 4.19. The summed E-state index contributed by atoms with van der Waals surface area (Å²) in [5, 5.41) is 6.08. The fourth-order valence-electron chi connectivity index (χ4n) is 2.94. The van der Waals surface area contributed by atoms with Gasteiger partial charge >= 0.3 is 0 Å². The van der Waals surface area contributed by atoms with E-state index in [0.717, 1.165) is 38.5 Å². The van der Waals surface area contributed by atoms with Crippen LogP contribution in [0.2, 0.25) is 0 Å². The van der Waals surface area contributed by atoms with Crippen LogP contribution in [0.3, 0.4) is 0 Å². The molecule has 2 N–H and O–H groups in total. The zero-order valence-electron chi connectivity index (χ0n) is 15.0. The number of ether oxygens (including phenoxy) is 1. The van der Waals surface area contributed by atoms with Crippen molar-refractivity contribution in [3.05, 3.63) is 35.9 Å². The number of amides is 1. The molecule has 0 spiro atoms. The number of halogens is 1. The number of carbonyl (C=O) groups is 1. The second-order valence-corrected chi connectivity index (χ2v) is 6.04. The highest BCUT2D eigenvalue weighted by molar-refractivity contribution is 14.0. The number of carbonyl (C=O) groups excluding carboxylic acids is 1. The first kappa shape index (κ1) is 21.7. The average molecular weight is 460 g/mol. The van der Waals surface area contributed by atoms with E-state index in [1.54, 1.807) is 14.2 Å². The smallest absolute Gasteiger partial charge is 0.239 e. The van der Waals surface area contributed by atoms with E-state index in [4.69, 9.17) is 4.74 Å². The summed E-state index contributed by atoms with van der Waals surface area (Å²) in [5.74, 6) is 1.31. The molecule has 0 radical (unpaired) electrons. The van der Waals surface area contributed by atoms with Crippen molar-refractivity contribution in [3.63, 3.8) is 0 Å². The number of hydrogen-bond acceptors (Lipinski definition) is 3. The Morgan fingerprint density at radius 2 is 2.08 bits per heavy atom. The van der Waals surface area contributed by atoms with Gasteiger partial charge in [-0.1, -0.05) is 30.3 Å². The van der Waals surface area contributed by atoms with Crippen molar-refractivity contribution in [3.8, 4) is 0 Å². The molecular weight excluding hydrogens is 431 g/mol. The maximum Gasteiger partial charge on any atom is 0.239 e. The maximum absolute atomic E-state index is 12.0. The van der Waals surface area contributed by atoms with E-state index in [-0.39, 0.29) is 36.4 Å². The summed E-state index contributed by atoms with van der Waals surface area (Å²) >= 11 is 0. The number of hydrogen-bond donors (Lipinski definition) is 2. The third-order valence-electron chi connectivity index (χ3n) is 4.19. The van der Waals surface area contributed by atoms with Crippen molar-refractivity contribution in [1.82, 2.24) is 15.5 Å². The Labute approximate surface area is 167 Å². The van der Waals surface area contributed by atoms with Gasteiger partial charge in [0.2, 0.25) is 5.91 Å². The van der Waals surface area contributed by atoms with Crippen LogP contribution in [0.4, 0.5) is 0 Å². The Bertz CT molecular complexity index is 539. The molecule has 2 rings (SSSR count). The van der Waals surface area contributed by atoms with Crippen LogP contribution < -0.4 is 10.6 Å². The fraction of sp³-hybridized carbons (Fsp3) is 0.556. The molecule has 0 bridgehead atoms. The minimum absolute atomic E-state index is 0. The Balaban J connectivity index is 0.00000312. The SMILES string of the molecule is CN=C(NCC(=O)NCCc1ccccc1)N1CCC(COC)C1.I. The first-order valence-corrected chi connectivity index (χ1v) is 8.48. The summed E-state index contributed by atoms with van der Waals surface area (Å²) in [6.07, 6.45) is 1.93. The third kappa shape index (κ3) is 7.60. The van der Waals surface area contributed by atoms with E-state index in [0.29, 0.717) is 12.5 Å². The zero-order chi connectivity index (χ0) is 17.2. The van der Waals surface area contributed by atoms with Crippen molar-refractivity contribution < 1.29 is 9.53 Å². The van der Waals surface area contributed by atoms with E-state index < -0.39 is 0 Å². The van der Waals surface area contributed by atoms with Gasteiger partial charge in [0.05, 0.1) is 13.2 Å². The fourth-order valence-corrected chi connectivity index (χ4v) is 2.94. The predicted octanol–water partition coefficient (Wildman–Crippen LogP) is 1.51. The summed E-state index contributed by atoms with van der Waals surface area (Å²) in [6.45, 7) is 3.52. The van der Waals surface area contributed by atoms with E-state index in [1.165, 1.54) is 5.56 Å². The van der Waals surface area contributed by atoms with E-state index in [9.17, 15) is 4.79 Å². The lowest BCUT2D eigenvalue weighted by Crippen LogP contribution is -2.45. The Morgan fingerprint density at radius 3 is 2.76 bits per heavy atom. The number of guanidine groups is 1. The summed E-state index contributed by atoms with van der Waals surface area (Å²) in [4.78, 5) is 18.4. The highest BCUT2D eigenvalue weighted by Crippen LogP contribution is 2.16. The number of aliphatic imine (C=N–C) groups is 1. The molecule has 1 aliphatic rings. The van der Waals surface area contributed by atoms with Crippen LogP contribution in [0.25, 0.3) is 0 Å². The van der Waals surface area contributed by atoms with Gasteiger partial charge in [0.1, 0.15) is 0 Å². The molecule has 6 nitrogen and oxygen atoms in total. The molecule has 1 aromatic carbocycles. The van der Waals surface area contributed by atoms with Crippen LogP contribution in [-0.2, 0) is 16.0 Å². The molecule has 1 aromatic rings. The number of methoxy groups -OCH3 is 1. The number of benzene rings is 1. The van der Waals surface area contributed by atoms with Crippen LogP contribution in [0.1, 0.15) is 12.0 Å². The van der Waals surface area contributed by atoms with Gasteiger partial charge in [-0.25, -0.2) is 0 Å². The summed E-state index contributed by atoms with van der Waals surface area (Å²) < 4.78 is 5.22. The molecule has 1 aliphatic heterocycles. The standard InChI is InChI=1S/C18H28N4O2.HI/c1-19-18(22-11-9-16(13-22)14-24-2)21-12-17(23)20-10-8-15-6-4-3-5-7-15;/h3-7,16H,8-14H2,1-2H3,(H,19,21)(H,20,23);1H. The van der Waals surface area contributed by atoms with Gasteiger partial charge in [-0.2, -0.15) is 0 Å². The van der Waals surface area contributed by atoms with Crippen LogP contribution in [0.5, 0.6) is 0 Å². The number of rotatable bonds is 7. The second kappa shape index (κ2) is 12.1. The molecule has 0 aliphatic carbocycles. The topological polar surface area (TPSA) is 66.0 Å². The van der Waals surface area contributed by atoms with E-state index in [2.05, 4.69) is 32.7 Å². The van der Waals surface area contributed by atoms with Crippen LogP contribution >= 0.6 is 24.0 Å². The predicted molar refractivity (Wildman–Crippen MR) is 111 cm³/mol. The molecular formula is C18H29IN4O2. The van der Waals surface area contributed by atoms with Crippen LogP contribution in [0, 0.1) is 5.92 Å². The number of nitrogens with one attached hydrogen (secondary N) is 2. The van der Waals surface area contributed by atoms with Crippen LogP contribution in [0.15, 0.2) is 35.3 Å². The Morgan fingerprint density at radius 1 is 1.32 bits per heavy atom. The minimum atomic E-state index is -0.0141. The molecule has 0 aromatic heterocycles. The lowest BCUT2D eigenvalue weighted by molar-refractivity contribution is -0.120. The second-order valence-electron chi connectivity index (χ2n) is 6.04. The molecule has 1 unspecified atom stereocenters. The number of nitrogens with zero attached hydrogens (tertiary/aromatic N) is 2. The molecule has 1 amide bonds. The molecule has 25 heavy (non-hydrogen) atoms. The Kier molecular flexibility index (Phi) is 10.5. The van der Waals surface area contributed by atoms with Crippen molar-refractivity contribution >= 4 is 35.8 Å².